The van der Waals surface area contributed by atoms with Crippen molar-refractivity contribution in [3.63, 3.8) is 0 Å². The van der Waals surface area contributed by atoms with Crippen molar-refractivity contribution in [3.8, 4) is 16.9 Å². The van der Waals surface area contributed by atoms with E-state index in [-0.39, 0.29) is 22.6 Å². The third-order valence-electron chi connectivity index (χ3n) is 3.31. The number of hydrogen-bond donors (Lipinski definition) is 1. The fourth-order valence-corrected chi connectivity index (χ4v) is 2.61. The van der Waals surface area contributed by atoms with E-state index in [0.717, 1.165) is 0 Å². The summed E-state index contributed by atoms with van der Waals surface area (Å²) in [5, 5.41) is 16.0. The number of nitrogens with zero attached hydrogens (tertiary/aromatic N) is 1. The van der Waals surface area contributed by atoms with Crippen molar-refractivity contribution < 1.29 is 21.9 Å². The Labute approximate surface area is 140 Å². The second-order valence-electron chi connectivity index (χ2n) is 5.03. The molecule has 0 saturated heterocycles. The monoisotopic (exact) mass is 362 g/mol. The Morgan fingerprint density at radius 2 is 1.76 bits per heavy atom. The topological polar surface area (TPSA) is 143 Å². The zero-order chi connectivity index (χ0) is 18.2. The third-order valence-corrected chi connectivity index (χ3v) is 3.73. The van der Waals surface area contributed by atoms with E-state index in [9.17, 15) is 23.3 Å². The van der Waals surface area contributed by atoms with Crippen molar-refractivity contribution >= 4 is 27.0 Å². The van der Waals surface area contributed by atoms with Crippen molar-refractivity contribution in [2.75, 3.05) is 0 Å². The van der Waals surface area contributed by atoms with Gasteiger partial charge in [0.2, 0.25) is 0 Å². The van der Waals surface area contributed by atoms with Crippen LogP contribution in [0.25, 0.3) is 22.1 Å². The van der Waals surface area contributed by atoms with Crippen molar-refractivity contribution in [2.24, 2.45) is 5.14 Å². The minimum absolute atomic E-state index is 0.0961. The van der Waals surface area contributed by atoms with Crippen LogP contribution in [0.5, 0.6) is 5.75 Å². The van der Waals surface area contributed by atoms with Gasteiger partial charge in [0.05, 0.1) is 10.5 Å². The van der Waals surface area contributed by atoms with Crippen LogP contribution in [-0.4, -0.2) is 13.3 Å². The number of rotatable bonds is 4. The molecule has 3 aromatic rings. The highest BCUT2D eigenvalue weighted by molar-refractivity contribution is 7.84. The fraction of sp³-hybridized carbons (Fsp3) is 0. The highest BCUT2D eigenvalue weighted by Gasteiger charge is 2.12. The molecule has 0 atom stereocenters. The molecule has 0 bridgehead atoms. The van der Waals surface area contributed by atoms with Crippen LogP contribution in [0, 0.1) is 10.1 Å². The Kier molecular flexibility index (Phi) is 3.99. The number of benzene rings is 2. The molecule has 1 heterocycles. The molecule has 25 heavy (non-hydrogen) atoms. The maximum absolute atomic E-state index is 12.2. The Balaban J connectivity index is 2.06. The molecule has 0 aliphatic rings. The van der Waals surface area contributed by atoms with Gasteiger partial charge in [-0.1, -0.05) is 0 Å². The molecule has 0 amide bonds. The standard InChI is InChI=1S/C15H10N2O7S/c16-25(21,22)24-12-6-3-10-7-13(15(18)23-14(10)8-12)9-1-4-11(5-2-9)17(19)20/h1-8H,(H2,16,21,22). The van der Waals surface area contributed by atoms with E-state index in [1.807, 2.05) is 0 Å². The van der Waals surface area contributed by atoms with E-state index < -0.39 is 20.9 Å². The largest absolute Gasteiger partial charge is 0.422 e. The average Bonchev–Trinajstić information content (AvgIpc) is 2.52. The summed E-state index contributed by atoms with van der Waals surface area (Å²) in [4.78, 5) is 22.3. The molecule has 128 valence electrons. The van der Waals surface area contributed by atoms with Crippen LogP contribution >= 0.6 is 0 Å². The lowest BCUT2D eigenvalue weighted by Crippen LogP contribution is -2.18. The van der Waals surface area contributed by atoms with E-state index in [0.29, 0.717) is 10.9 Å². The zero-order valence-corrected chi connectivity index (χ0v) is 13.2. The average molecular weight is 362 g/mol. The molecule has 0 saturated carbocycles. The third kappa shape index (κ3) is 3.65. The van der Waals surface area contributed by atoms with Crippen LogP contribution in [0.1, 0.15) is 0 Å². The van der Waals surface area contributed by atoms with Gasteiger partial charge < -0.3 is 8.60 Å². The molecule has 0 aliphatic heterocycles. The first kappa shape index (κ1) is 16.6. The number of nitro groups is 1. The molecule has 10 heteroatoms. The predicted octanol–water partition coefficient (Wildman–Crippen LogP) is 1.95. The summed E-state index contributed by atoms with van der Waals surface area (Å²) in [5.74, 6) is -0.0961. The molecular formula is C15H10N2O7S. The van der Waals surface area contributed by atoms with E-state index >= 15 is 0 Å². The summed E-state index contributed by atoms with van der Waals surface area (Å²) >= 11 is 0. The van der Waals surface area contributed by atoms with Gasteiger partial charge in [0.25, 0.3) is 5.69 Å². The molecule has 3 rings (SSSR count). The maximum atomic E-state index is 12.2. The van der Waals surface area contributed by atoms with Crippen LogP contribution in [0.4, 0.5) is 5.69 Å². The summed E-state index contributed by atoms with van der Waals surface area (Å²) in [7, 11) is -4.19. The molecule has 0 unspecified atom stereocenters. The van der Waals surface area contributed by atoms with E-state index in [1.54, 1.807) is 0 Å². The van der Waals surface area contributed by atoms with Crippen molar-refractivity contribution in [3.05, 3.63) is 69.1 Å². The summed E-state index contributed by atoms with van der Waals surface area (Å²) in [6, 6.07) is 11.0. The number of nitrogens with two attached hydrogens (primary N) is 1. The number of nitro benzene ring substituents is 1. The predicted molar refractivity (Wildman–Crippen MR) is 88.3 cm³/mol. The molecule has 0 aliphatic carbocycles. The second kappa shape index (κ2) is 6.00. The molecular weight excluding hydrogens is 352 g/mol. The van der Waals surface area contributed by atoms with Gasteiger partial charge in [-0.15, -0.1) is 0 Å². The Hall–Kier alpha value is -3.24. The lowest BCUT2D eigenvalue weighted by atomic mass is 10.1. The minimum atomic E-state index is -4.19. The maximum Gasteiger partial charge on any atom is 0.380 e. The normalized spacial score (nSPS) is 11.4. The van der Waals surface area contributed by atoms with Crippen molar-refractivity contribution in [2.45, 2.75) is 0 Å². The van der Waals surface area contributed by atoms with Gasteiger partial charge in [-0.25, -0.2) is 4.79 Å². The van der Waals surface area contributed by atoms with Crippen LogP contribution in [0.15, 0.2) is 57.7 Å². The van der Waals surface area contributed by atoms with Gasteiger partial charge in [-0.2, -0.15) is 13.6 Å². The van der Waals surface area contributed by atoms with Crippen LogP contribution in [0.3, 0.4) is 0 Å². The highest BCUT2D eigenvalue weighted by atomic mass is 32.2. The van der Waals surface area contributed by atoms with Gasteiger partial charge in [0.1, 0.15) is 11.3 Å². The number of hydrogen-bond acceptors (Lipinski definition) is 7. The zero-order valence-electron chi connectivity index (χ0n) is 12.4. The smallest absolute Gasteiger partial charge is 0.380 e. The number of fused-ring (bicyclic) bond motifs is 1. The first-order chi connectivity index (χ1) is 11.7. The molecule has 9 nitrogen and oxygen atoms in total. The van der Waals surface area contributed by atoms with Crippen LogP contribution in [0.2, 0.25) is 0 Å². The Morgan fingerprint density at radius 3 is 2.36 bits per heavy atom. The quantitative estimate of drug-likeness (QED) is 0.424. The van der Waals surface area contributed by atoms with Crippen molar-refractivity contribution in [1.82, 2.24) is 0 Å². The lowest BCUT2D eigenvalue weighted by Gasteiger charge is -2.05. The van der Waals surface area contributed by atoms with Gasteiger partial charge in [-0.05, 0) is 35.9 Å². The SMILES string of the molecule is NS(=O)(=O)Oc1ccc2cc(-c3ccc([N+](=O)[O-])cc3)c(=O)oc2c1. The molecule has 0 radical (unpaired) electrons. The van der Waals surface area contributed by atoms with E-state index in [1.165, 1.54) is 48.5 Å². The van der Waals surface area contributed by atoms with Crippen molar-refractivity contribution in [1.29, 1.82) is 0 Å². The summed E-state index contributed by atoms with van der Waals surface area (Å²) in [6.45, 7) is 0. The molecule has 0 spiro atoms. The molecule has 0 fully saturated rings. The van der Waals surface area contributed by atoms with Crippen LogP contribution in [-0.2, 0) is 10.3 Å². The van der Waals surface area contributed by atoms with Gasteiger partial charge in [-0.3, -0.25) is 10.1 Å². The van der Waals surface area contributed by atoms with Crippen LogP contribution < -0.4 is 14.9 Å². The summed E-state index contributed by atoms with van der Waals surface area (Å²) in [6.07, 6.45) is 0. The first-order valence-electron chi connectivity index (χ1n) is 6.78. The van der Waals surface area contributed by atoms with E-state index in [4.69, 9.17) is 9.56 Å². The van der Waals surface area contributed by atoms with Gasteiger partial charge in [0, 0.05) is 23.6 Å². The molecule has 2 aromatic carbocycles. The fourth-order valence-electron chi connectivity index (χ4n) is 2.24. The molecule has 1 aromatic heterocycles. The molecule has 2 N–H and O–H groups in total. The van der Waals surface area contributed by atoms with Gasteiger partial charge in [0.15, 0.2) is 0 Å². The highest BCUT2D eigenvalue weighted by Crippen LogP contribution is 2.26. The summed E-state index contributed by atoms with van der Waals surface area (Å²) < 4.78 is 31.6. The van der Waals surface area contributed by atoms with E-state index in [2.05, 4.69) is 4.18 Å². The first-order valence-corrected chi connectivity index (χ1v) is 8.25. The Morgan fingerprint density at radius 1 is 1.08 bits per heavy atom. The minimum Gasteiger partial charge on any atom is -0.422 e. The second-order valence-corrected chi connectivity index (χ2v) is 6.18. The number of non-ortho nitro benzene ring substituents is 1. The summed E-state index contributed by atoms with van der Waals surface area (Å²) in [5.41, 5.74) is -0.0155. The Bertz CT molecular complexity index is 1130. The lowest BCUT2D eigenvalue weighted by molar-refractivity contribution is -0.384. The van der Waals surface area contributed by atoms with Gasteiger partial charge >= 0.3 is 15.9 Å².